The SMILES string of the molecule is Cc1c(-c2ccccc2)nc(N(C)C)n2c(Nc3ccccc3Cl)nnc12. The molecule has 27 heavy (non-hydrogen) atoms. The van der Waals surface area contributed by atoms with Gasteiger partial charge in [-0.05, 0) is 19.1 Å². The fraction of sp³-hybridized carbons (Fsp3) is 0.150. The molecule has 7 heteroatoms. The first-order chi connectivity index (χ1) is 13.1. The molecule has 0 atom stereocenters. The second-order valence-corrected chi connectivity index (χ2v) is 6.84. The van der Waals surface area contributed by atoms with Gasteiger partial charge in [-0.25, -0.2) is 9.38 Å². The number of para-hydroxylation sites is 1. The lowest BCUT2D eigenvalue weighted by molar-refractivity contribution is 0.957. The van der Waals surface area contributed by atoms with Crippen LogP contribution in [0, 0.1) is 6.92 Å². The number of halogens is 1. The number of rotatable bonds is 4. The summed E-state index contributed by atoms with van der Waals surface area (Å²) in [5.74, 6) is 1.30. The summed E-state index contributed by atoms with van der Waals surface area (Å²) in [6.07, 6.45) is 0. The molecule has 0 spiro atoms. The molecule has 6 nitrogen and oxygen atoms in total. The van der Waals surface area contributed by atoms with Gasteiger partial charge in [-0.15, -0.1) is 10.2 Å². The Morgan fingerprint density at radius 3 is 2.37 bits per heavy atom. The first kappa shape index (κ1) is 17.3. The van der Waals surface area contributed by atoms with Gasteiger partial charge in [-0.3, -0.25) is 0 Å². The van der Waals surface area contributed by atoms with E-state index in [0.29, 0.717) is 11.0 Å². The van der Waals surface area contributed by atoms with Gasteiger partial charge in [0.05, 0.1) is 16.4 Å². The molecule has 0 radical (unpaired) electrons. The van der Waals surface area contributed by atoms with E-state index in [0.717, 1.165) is 34.1 Å². The lowest BCUT2D eigenvalue weighted by atomic mass is 10.1. The molecule has 2 aromatic heterocycles. The van der Waals surface area contributed by atoms with Crippen LogP contribution in [0.2, 0.25) is 5.02 Å². The lowest BCUT2D eigenvalue weighted by Crippen LogP contribution is -2.17. The standard InChI is InChI=1S/C20H19ClN6/c1-13-17(14-9-5-4-6-10-14)23-20(26(2)3)27-18(13)24-25-19(27)22-16-12-8-7-11-15(16)21/h4-12H,1-3H3,(H,22,25). The first-order valence-electron chi connectivity index (χ1n) is 8.56. The highest BCUT2D eigenvalue weighted by atomic mass is 35.5. The monoisotopic (exact) mass is 378 g/mol. The zero-order chi connectivity index (χ0) is 19.0. The van der Waals surface area contributed by atoms with Crippen LogP contribution in [0.4, 0.5) is 17.6 Å². The van der Waals surface area contributed by atoms with Crippen molar-refractivity contribution < 1.29 is 0 Å². The average molecular weight is 379 g/mol. The average Bonchev–Trinajstić information content (AvgIpc) is 3.09. The van der Waals surface area contributed by atoms with Gasteiger partial charge in [-0.2, -0.15) is 0 Å². The fourth-order valence-corrected chi connectivity index (χ4v) is 3.18. The molecular weight excluding hydrogens is 360 g/mol. The Morgan fingerprint density at radius 2 is 1.67 bits per heavy atom. The molecule has 2 heterocycles. The summed E-state index contributed by atoms with van der Waals surface area (Å²) in [6, 6.07) is 17.6. The summed E-state index contributed by atoms with van der Waals surface area (Å²) in [5, 5.41) is 12.6. The topological polar surface area (TPSA) is 58.4 Å². The Hall–Kier alpha value is -3.12. The van der Waals surface area contributed by atoms with Crippen molar-refractivity contribution in [2.75, 3.05) is 24.3 Å². The highest BCUT2D eigenvalue weighted by Crippen LogP contribution is 2.31. The van der Waals surface area contributed by atoms with Crippen LogP contribution in [0.1, 0.15) is 5.56 Å². The minimum absolute atomic E-state index is 0.567. The highest BCUT2D eigenvalue weighted by Gasteiger charge is 2.19. The van der Waals surface area contributed by atoms with Gasteiger partial charge >= 0.3 is 0 Å². The van der Waals surface area contributed by atoms with Gasteiger partial charge in [0.25, 0.3) is 0 Å². The molecule has 0 fully saturated rings. The Bertz CT molecular complexity index is 1100. The zero-order valence-electron chi connectivity index (χ0n) is 15.3. The number of nitrogens with zero attached hydrogens (tertiary/aromatic N) is 5. The molecule has 0 aliphatic rings. The lowest BCUT2D eigenvalue weighted by Gasteiger charge is -2.18. The van der Waals surface area contributed by atoms with Crippen molar-refractivity contribution in [3.05, 3.63) is 65.2 Å². The van der Waals surface area contributed by atoms with Gasteiger partial charge < -0.3 is 10.2 Å². The molecule has 0 bridgehead atoms. The van der Waals surface area contributed by atoms with Crippen molar-refractivity contribution in [2.45, 2.75) is 6.92 Å². The van der Waals surface area contributed by atoms with Gasteiger partial charge in [0.2, 0.25) is 11.9 Å². The zero-order valence-corrected chi connectivity index (χ0v) is 16.1. The largest absolute Gasteiger partial charge is 0.348 e. The quantitative estimate of drug-likeness (QED) is 0.564. The van der Waals surface area contributed by atoms with Gasteiger partial charge in [0.1, 0.15) is 0 Å². The molecule has 136 valence electrons. The van der Waals surface area contributed by atoms with Crippen LogP contribution in [0.15, 0.2) is 54.6 Å². The third-order valence-electron chi connectivity index (χ3n) is 4.33. The second kappa shape index (κ2) is 6.89. The molecule has 0 amide bonds. The van der Waals surface area contributed by atoms with Crippen molar-refractivity contribution in [2.24, 2.45) is 0 Å². The van der Waals surface area contributed by atoms with Gasteiger partial charge in [0.15, 0.2) is 5.65 Å². The van der Waals surface area contributed by atoms with E-state index in [9.17, 15) is 0 Å². The summed E-state index contributed by atoms with van der Waals surface area (Å²) in [6.45, 7) is 2.01. The van der Waals surface area contributed by atoms with E-state index in [-0.39, 0.29) is 0 Å². The number of hydrogen-bond acceptors (Lipinski definition) is 5. The number of aryl methyl sites for hydroxylation is 1. The predicted molar refractivity (Wildman–Crippen MR) is 110 cm³/mol. The van der Waals surface area contributed by atoms with E-state index in [2.05, 4.69) is 15.5 Å². The number of hydrogen-bond donors (Lipinski definition) is 1. The maximum absolute atomic E-state index is 6.29. The maximum atomic E-state index is 6.29. The van der Waals surface area contributed by atoms with Crippen LogP contribution in [0.3, 0.4) is 0 Å². The third kappa shape index (κ3) is 3.08. The smallest absolute Gasteiger partial charge is 0.236 e. The van der Waals surface area contributed by atoms with E-state index in [1.54, 1.807) is 0 Å². The van der Waals surface area contributed by atoms with Crippen LogP contribution in [-0.4, -0.2) is 33.7 Å². The number of benzene rings is 2. The Labute approximate surface area is 162 Å². The third-order valence-corrected chi connectivity index (χ3v) is 4.66. The minimum atomic E-state index is 0.567. The van der Waals surface area contributed by atoms with Gasteiger partial charge in [0, 0.05) is 25.2 Å². The van der Waals surface area contributed by atoms with Crippen LogP contribution >= 0.6 is 11.6 Å². The molecule has 2 aromatic carbocycles. The summed E-state index contributed by atoms with van der Waals surface area (Å²) >= 11 is 6.29. The van der Waals surface area contributed by atoms with Crippen molar-refractivity contribution in [3.63, 3.8) is 0 Å². The van der Waals surface area contributed by atoms with Gasteiger partial charge in [-0.1, -0.05) is 54.1 Å². The van der Waals surface area contributed by atoms with Crippen LogP contribution in [0.5, 0.6) is 0 Å². The van der Waals surface area contributed by atoms with Crippen molar-refractivity contribution in [3.8, 4) is 11.3 Å². The summed E-state index contributed by atoms with van der Waals surface area (Å²) in [7, 11) is 3.90. The van der Waals surface area contributed by atoms with E-state index < -0.39 is 0 Å². The first-order valence-corrected chi connectivity index (χ1v) is 8.94. The van der Waals surface area contributed by atoms with E-state index in [1.165, 1.54) is 0 Å². The van der Waals surface area contributed by atoms with Crippen molar-refractivity contribution in [1.82, 2.24) is 19.6 Å². The van der Waals surface area contributed by atoms with E-state index >= 15 is 0 Å². The van der Waals surface area contributed by atoms with Crippen molar-refractivity contribution >= 4 is 34.8 Å². The fourth-order valence-electron chi connectivity index (χ4n) is 3.00. The molecule has 4 rings (SSSR count). The second-order valence-electron chi connectivity index (χ2n) is 6.43. The molecule has 0 aliphatic heterocycles. The van der Waals surface area contributed by atoms with Crippen LogP contribution in [0.25, 0.3) is 16.9 Å². The molecule has 4 aromatic rings. The summed E-state index contributed by atoms with van der Waals surface area (Å²) in [4.78, 5) is 6.85. The molecule has 0 saturated carbocycles. The minimum Gasteiger partial charge on any atom is -0.348 e. The van der Waals surface area contributed by atoms with Crippen molar-refractivity contribution in [1.29, 1.82) is 0 Å². The van der Waals surface area contributed by atoms with Crippen LogP contribution in [-0.2, 0) is 0 Å². The van der Waals surface area contributed by atoms with E-state index in [1.807, 2.05) is 84.9 Å². The predicted octanol–water partition coefficient (Wildman–Crippen LogP) is 4.56. The molecule has 0 unspecified atom stereocenters. The Balaban J connectivity index is 1.92. The molecular formula is C20H19ClN6. The summed E-state index contributed by atoms with van der Waals surface area (Å²) < 4.78 is 1.91. The summed E-state index contributed by atoms with van der Waals surface area (Å²) in [5.41, 5.74) is 4.42. The Kier molecular flexibility index (Phi) is 4.41. The number of aromatic nitrogens is 4. The van der Waals surface area contributed by atoms with E-state index in [4.69, 9.17) is 16.6 Å². The molecule has 0 aliphatic carbocycles. The number of fused-ring (bicyclic) bond motifs is 1. The Morgan fingerprint density at radius 1 is 0.963 bits per heavy atom. The van der Waals surface area contributed by atoms with Crippen LogP contribution < -0.4 is 10.2 Å². The molecule has 0 saturated heterocycles. The molecule has 1 N–H and O–H groups in total. The normalized spacial score (nSPS) is 11.0. The maximum Gasteiger partial charge on any atom is 0.236 e. The number of nitrogens with one attached hydrogen (secondary N) is 1. The highest BCUT2D eigenvalue weighted by molar-refractivity contribution is 6.33. The number of anilines is 3.